The van der Waals surface area contributed by atoms with Crippen molar-refractivity contribution >= 4 is 11.9 Å². The van der Waals surface area contributed by atoms with Gasteiger partial charge in [-0.15, -0.1) is 0 Å². The molecule has 1 aliphatic carbocycles. The van der Waals surface area contributed by atoms with Gasteiger partial charge in [-0.2, -0.15) is 0 Å². The smallest absolute Gasteiger partial charge is 0.310 e. The van der Waals surface area contributed by atoms with E-state index in [4.69, 9.17) is 14.2 Å². The molecule has 0 aromatic heterocycles. The fraction of sp³-hybridized carbons (Fsp3) is 0.619. The van der Waals surface area contributed by atoms with Crippen molar-refractivity contribution in [3.63, 3.8) is 0 Å². The van der Waals surface area contributed by atoms with Crippen LogP contribution >= 0.6 is 0 Å². The van der Waals surface area contributed by atoms with Crippen molar-refractivity contribution in [3.05, 3.63) is 24.3 Å². The summed E-state index contributed by atoms with van der Waals surface area (Å²) in [6.45, 7) is 6.48. The Morgan fingerprint density at radius 2 is 1.74 bits per heavy atom. The first-order chi connectivity index (χ1) is 13.0. The molecule has 0 spiro atoms. The molecule has 1 amide bonds. The predicted molar refractivity (Wildman–Crippen MR) is 103 cm³/mol. The molecule has 0 heterocycles. The number of esters is 1. The van der Waals surface area contributed by atoms with Crippen molar-refractivity contribution in [2.75, 3.05) is 13.2 Å². The summed E-state index contributed by atoms with van der Waals surface area (Å²) in [5.41, 5.74) is 0. The van der Waals surface area contributed by atoms with Crippen LogP contribution in [0.1, 0.15) is 52.9 Å². The van der Waals surface area contributed by atoms with Crippen LogP contribution in [0.15, 0.2) is 24.3 Å². The van der Waals surface area contributed by atoms with Gasteiger partial charge in [0.15, 0.2) is 6.10 Å². The molecule has 6 nitrogen and oxygen atoms in total. The van der Waals surface area contributed by atoms with Crippen LogP contribution in [0.3, 0.4) is 0 Å². The summed E-state index contributed by atoms with van der Waals surface area (Å²) < 4.78 is 16.1. The quantitative estimate of drug-likeness (QED) is 0.667. The standard InChI is InChI=1S/C21H31NO5/c1-4-25-17-9-11-18(12-10-17)26-14-13-20(23)27-16(3)21(24)22-19-8-6-5-7-15(19)2/h9-12,15-16,19H,4-8,13-14H2,1-3H3,(H,22,24). The van der Waals surface area contributed by atoms with Gasteiger partial charge in [-0.05, 0) is 56.9 Å². The largest absolute Gasteiger partial charge is 0.494 e. The van der Waals surface area contributed by atoms with Crippen LogP contribution in [0, 0.1) is 5.92 Å². The van der Waals surface area contributed by atoms with Crippen molar-refractivity contribution in [2.45, 2.75) is 65.0 Å². The third-order valence-corrected chi connectivity index (χ3v) is 4.83. The van der Waals surface area contributed by atoms with Crippen LogP contribution in [0.5, 0.6) is 11.5 Å². The zero-order chi connectivity index (χ0) is 19.6. The van der Waals surface area contributed by atoms with Gasteiger partial charge in [0, 0.05) is 6.04 Å². The molecule has 150 valence electrons. The maximum absolute atomic E-state index is 12.2. The second kappa shape index (κ2) is 10.8. The Morgan fingerprint density at radius 3 is 2.37 bits per heavy atom. The second-order valence-electron chi connectivity index (χ2n) is 7.01. The first-order valence-electron chi connectivity index (χ1n) is 9.85. The normalized spacial score (nSPS) is 20.4. The Morgan fingerprint density at radius 1 is 1.11 bits per heavy atom. The monoisotopic (exact) mass is 377 g/mol. The van der Waals surface area contributed by atoms with Gasteiger partial charge in [-0.1, -0.05) is 19.8 Å². The molecule has 1 fully saturated rings. The number of benzene rings is 1. The van der Waals surface area contributed by atoms with Crippen LogP contribution in [-0.4, -0.2) is 37.2 Å². The summed E-state index contributed by atoms with van der Waals surface area (Å²) in [5.74, 6) is 1.22. The van der Waals surface area contributed by atoms with Crippen LogP contribution in [-0.2, 0) is 14.3 Å². The van der Waals surface area contributed by atoms with Gasteiger partial charge in [0.2, 0.25) is 0 Å². The average molecular weight is 377 g/mol. The SMILES string of the molecule is CCOc1ccc(OCCC(=O)OC(C)C(=O)NC2CCCCC2C)cc1. The molecular weight excluding hydrogens is 346 g/mol. The van der Waals surface area contributed by atoms with Gasteiger partial charge in [-0.25, -0.2) is 0 Å². The summed E-state index contributed by atoms with van der Waals surface area (Å²) in [6, 6.07) is 7.39. The number of nitrogens with one attached hydrogen (secondary N) is 1. The summed E-state index contributed by atoms with van der Waals surface area (Å²) in [4.78, 5) is 24.2. The average Bonchev–Trinajstić information content (AvgIpc) is 2.65. The van der Waals surface area contributed by atoms with Gasteiger partial charge in [0.1, 0.15) is 11.5 Å². The van der Waals surface area contributed by atoms with Crippen molar-refractivity contribution < 1.29 is 23.8 Å². The summed E-state index contributed by atoms with van der Waals surface area (Å²) >= 11 is 0. The van der Waals surface area contributed by atoms with E-state index < -0.39 is 12.1 Å². The highest BCUT2D eigenvalue weighted by molar-refractivity contribution is 5.83. The second-order valence-corrected chi connectivity index (χ2v) is 7.01. The fourth-order valence-electron chi connectivity index (χ4n) is 3.19. The molecule has 2 rings (SSSR count). The molecule has 1 aliphatic rings. The summed E-state index contributed by atoms with van der Waals surface area (Å²) in [5, 5.41) is 3.01. The molecule has 0 radical (unpaired) electrons. The maximum Gasteiger partial charge on any atom is 0.310 e. The van der Waals surface area contributed by atoms with E-state index in [0.29, 0.717) is 18.3 Å². The van der Waals surface area contributed by atoms with Crippen molar-refractivity contribution in [1.82, 2.24) is 5.32 Å². The topological polar surface area (TPSA) is 73.9 Å². The van der Waals surface area contributed by atoms with E-state index in [9.17, 15) is 9.59 Å². The molecule has 27 heavy (non-hydrogen) atoms. The minimum absolute atomic E-state index is 0.0880. The molecule has 1 saturated carbocycles. The van der Waals surface area contributed by atoms with Crippen LogP contribution in [0.4, 0.5) is 0 Å². The highest BCUT2D eigenvalue weighted by atomic mass is 16.5. The zero-order valence-corrected chi connectivity index (χ0v) is 16.5. The van der Waals surface area contributed by atoms with Crippen LogP contribution < -0.4 is 14.8 Å². The Kier molecular flexibility index (Phi) is 8.43. The van der Waals surface area contributed by atoms with Crippen LogP contribution in [0.25, 0.3) is 0 Å². The number of carbonyl (C=O) groups excluding carboxylic acids is 2. The Balaban J connectivity index is 1.67. The number of hydrogen-bond donors (Lipinski definition) is 1. The minimum Gasteiger partial charge on any atom is -0.494 e. The van der Waals surface area contributed by atoms with Crippen LogP contribution in [0.2, 0.25) is 0 Å². The lowest BCUT2D eigenvalue weighted by atomic mass is 9.86. The van der Waals surface area contributed by atoms with E-state index in [1.54, 1.807) is 19.1 Å². The Hall–Kier alpha value is -2.24. The number of hydrogen-bond acceptors (Lipinski definition) is 5. The fourth-order valence-corrected chi connectivity index (χ4v) is 3.19. The molecule has 1 N–H and O–H groups in total. The minimum atomic E-state index is -0.794. The molecule has 1 aromatic carbocycles. The van der Waals surface area contributed by atoms with Crippen molar-refractivity contribution in [1.29, 1.82) is 0 Å². The van der Waals surface area contributed by atoms with E-state index in [1.807, 2.05) is 19.1 Å². The number of rotatable bonds is 9. The molecule has 0 saturated heterocycles. The Labute approximate surface area is 161 Å². The first-order valence-corrected chi connectivity index (χ1v) is 9.85. The van der Waals surface area contributed by atoms with E-state index >= 15 is 0 Å². The molecule has 0 bridgehead atoms. The van der Waals surface area contributed by atoms with E-state index in [1.165, 1.54) is 6.42 Å². The zero-order valence-electron chi connectivity index (χ0n) is 16.5. The number of carbonyl (C=O) groups is 2. The number of amides is 1. The van der Waals surface area contributed by atoms with Gasteiger partial charge < -0.3 is 19.5 Å². The first kappa shape index (κ1) is 21.1. The Bertz CT molecular complexity index is 601. The highest BCUT2D eigenvalue weighted by Gasteiger charge is 2.26. The predicted octanol–water partition coefficient (Wildman–Crippen LogP) is 3.48. The van der Waals surface area contributed by atoms with E-state index in [-0.39, 0.29) is 25.0 Å². The third-order valence-electron chi connectivity index (χ3n) is 4.83. The lowest BCUT2D eigenvalue weighted by molar-refractivity contribution is -0.155. The summed E-state index contributed by atoms with van der Waals surface area (Å²) in [7, 11) is 0. The third kappa shape index (κ3) is 7.12. The molecule has 3 atom stereocenters. The molecule has 6 heteroatoms. The molecular formula is C21H31NO5. The van der Waals surface area contributed by atoms with Gasteiger partial charge in [0.25, 0.3) is 5.91 Å². The van der Waals surface area contributed by atoms with Gasteiger partial charge in [0.05, 0.1) is 19.6 Å². The lowest BCUT2D eigenvalue weighted by Crippen LogP contribution is -2.46. The van der Waals surface area contributed by atoms with E-state index in [0.717, 1.165) is 25.0 Å². The maximum atomic E-state index is 12.2. The molecule has 1 aromatic rings. The molecule has 3 unspecified atom stereocenters. The van der Waals surface area contributed by atoms with Gasteiger partial charge in [-0.3, -0.25) is 9.59 Å². The van der Waals surface area contributed by atoms with E-state index in [2.05, 4.69) is 12.2 Å². The number of ether oxygens (including phenoxy) is 3. The lowest BCUT2D eigenvalue weighted by Gasteiger charge is -2.30. The van der Waals surface area contributed by atoms with Crippen molar-refractivity contribution in [2.24, 2.45) is 5.92 Å². The molecule has 0 aliphatic heterocycles. The van der Waals surface area contributed by atoms with Crippen molar-refractivity contribution in [3.8, 4) is 11.5 Å². The summed E-state index contributed by atoms with van der Waals surface area (Å²) in [6.07, 6.45) is 3.76. The van der Waals surface area contributed by atoms with Gasteiger partial charge >= 0.3 is 5.97 Å². The highest BCUT2D eigenvalue weighted by Crippen LogP contribution is 2.23.